The predicted molar refractivity (Wildman–Crippen MR) is 54.1 cm³/mol. The molecule has 0 bridgehead atoms. The van der Waals surface area contributed by atoms with Crippen molar-refractivity contribution in [1.29, 1.82) is 0 Å². The predicted octanol–water partition coefficient (Wildman–Crippen LogP) is 2.41. The first-order chi connectivity index (χ1) is 6.79. The lowest BCUT2D eigenvalue weighted by molar-refractivity contribution is -0.117. The first kappa shape index (κ1) is 9.41. The summed E-state index contributed by atoms with van der Waals surface area (Å²) in [6.45, 7) is 2.06. The van der Waals surface area contributed by atoms with Gasteiger partial charge in [0.15, 0.2) is 0 Å². The molecular weight excluding hydrogens is 176 g/mol. The zero-order valence-corrected chi connectivity index (χ0v) is 8.27. The highest BCUT2D eigenvalue weighted by Gasteiger charge is 2.25. The van der Waals surface area contributed by atoms with Crippen LogP contribution < -0.4 is 0 Å². The molecule has 1 fully saturated rings. The van der Waals surface area contributed by atoms with Crippen molar-refractivity contribution in [3.63, 3.8) is 0 Å². The Morgan fingerprint density at radius 3 is 2.57 bits per heavy atom. The van der Waals surface area contributed by atoms with Gasteiger partial charge in [0.2, 0.25) is 0 Å². The van der Waals surface area contributed by atoms with E-state index >= 15 is 0 Å². The Morgan fingerprint density at radius 2 is 2.00 bits per heavy atom. The summed E-state index contributed by atoms with van der Waals surface area (Å²) in [5.41, 5.74) is 2.43. The fourth-order valence-corrected chi connectivity index (χ4v) is 1.79. The average Bonchev–Trinajstić information content (AvgIpc) is 2.67. The maximum atomic E-state index is 10.5. The van der Waals surface area contributed by atoms with Gasteiger partial charge < -0.3 is 9.53 Å². The number of carbonyl (C=O) groups excluding carboxylic acids is 1. The molecule has 0 aromatic heterocycles. The molecule has 74 valence electrons. The molecule has 1 aromatic carbocycles. The molecule has 1 aromatic rings. The van der Waals surface area contributed by atoms with Crippen LogP contribution in [-0.2, 0) is 9.53 Å². The minimum absolute atomic E-state index is 0.116. The van der Waals surface area contributed by atoms with Gasteiger partial charge in [0, 0.05) is 0 Å². The van der Waals surface area contributed by atoms with Crippen LogP contribution in [0.15, 0.2) is 24.3 Å². The van der Waals surface area contributed by atoms with Crippen LogP contribution in [0.3, 0.4) is 0 Å². The smallest absolute Gasteiger partial charge is 0.148 e. The van der Waals surface area contributed by atoms with E-state index in [0.717, 1.165) is 19.1 Å². The van der Waals surface area contributed by atoms with E-state index in [1.807, 2.05) is 0 Å². The van der Waals surface area contributed by atoms with Crippen LogP contribution in [0, 0.1) is 6.92 Å². The third kappa shape index (κ3) is 1.85. The van der Waals surface area contributed by atoms with Gasteiger partial charge in [-0.3, -0.25) is 0 Å². The highest BCUT2D eigenvalue weighted by atomic mass is 16.5. The number of hydrogen-bond donors (Lipinski definition) is 0. The number of aryl methyl sites for hydroxylation is 1. The van der Waals surface area contributed by atoms with Crippen LogP contribution in [0.4, 0.5) is 0 Å². The van der Waals surface area contributed by atoms with Gasteiger partial charge in [-0.2, -0.15) is 0 Å². The molecule has 1 aliphatic heterocycles. The average molecular weight is 190 g/mol. The van der Waals surface area contributed by atoms with Gasteiger partial charge in [0.1, 0.15) is 12.4 Å². The monoisotopic (exact) mass is 190 g/mol. The van der Waals surface area contributed by atoms with Gasteiger partial charge in [-0.05, 0) is 25.3 Å². The molecule has 1 saturated heterocycles. The Bertz CT molecular complexity index is 316. The van der Waals surface area contributed by atoms with Crippen LogP contribution in [0.5, 0.6) is 0 Å². The van der Waals surface area contributed by atoms with E-state index in [1.165, 1.54) is 11.1 Å². The minimum Gasteiger partial charge on any atom is -0.363 e. The van der Waals surface area contributed by atoms with Crippen molar-refractivity contribution in [1.82, 2.24) is 0 Å². The Hall–Kier alpha value is -1.15. The fourth-order valence-electron chi connectivity index (χ4n) is 1.79. The quantitative estimate of drug-likeness (QED) is 0.669. The Kier molecular flexibility index (Phi) is 2.64. The highest BCUT2D eigenvalue weighted by molar-refractivity contribution is 5.56. The third-order valence-corrected chi connectivity index (χ3v) is 2.65. The molecule has 1 heterocycles. The molecule has 2 atom stereocenters. The van der Waals surface area contributed by atoms with Crippen LogP contribution in [-0.4, -0.2) is 12.4 Å². The Balaban J connectivity index is 2.09. The Morgan fingerprint density at radius 1 is 1.29 bits per heavy atom. The number of benzene rings is 1. The molecule has 0 saturated carbocycles. The molecule has 0 spiro atoms. The number of ether oxygens (including phenoxy) is 1. The van der Waals surface area contributed by atoms with E-state index in [9.17, 15) is 4.79 Å². The summed E-state index contributed by atoms with van der Waals surface area (Å²) in [5, 5.41) is 0. The van der Waals surface area contributed by atoms with Gasteiger partial charge in [0.05, 0.1) is 6.10 Å². The van der Waals surface area contributed by atoms with Gasteiger partial charge in [-0.1, -0.05) is 29.8 Å². The van der Waals surface area contributed by atoms with Gasteiger partial charge in [0.25, 0.3) is 0 Å². The molecule has 2 unspecified atom stereocenters. The molecule has 2 heteroatoms. The third-order valence-electron chi connectivity index (χ3n) is 2.65. The zero-order chi connectivity index (χ0) is 9.97. The largest absolute Gasteiger partial charge is 0.363 e. The van der Waals surface area contributed by atoms with E-state index in [2.05, 4.69) is 31.2 Å². The molecule has 14 heavy (non-hydrogen) atoms. The number of carbonyl (C=O) groups is 1. The van der Waals surface area contributed by atoms with Crippen LogP contribution in [0.2, 0.25) is 0 Å². The van der Waals surface area contributed by atoms with Gasteiger partial charge >= 0.3 is 0 Å². The lowest BCUT2D eigenvalue weighted by atomic mass is 10.1. The summed E-state index contributed by atoms with van der Waals surface area (Å²) >= 11 is 0. The van der Waals surface area contributed by atoms with Crippen LogP contribution in [0.25, 0.3) is 0 Å². The fraction of sp³-hybridized carbons (Fsp3) is 0.417. The normalized spacial score (nSPS) is 26.4. The van der Waals surface area contributed by atoms with Crippen molar-refractivity contribution >= 4 is 6.29 Å². The number of aldehydes is 1. The topological polar surface area (TPSA) is 26.3 Å². The van der Waals surface area contributed by atoms with Crippen LogP contribution >= 0.6 is 0 Å². The molecule has 0 amide bonds. The first-order valence-electron chi connectivity index (χ1n) is 4.97. The summed E-state index contributed by atoms with van der Waals surface area (Å²) in [5.74, 6) is 0. The molecule has 0 radical (unpaired) electrons. The van der Waals surface area contributed by atoms with Crippen molar-refractivity contribution < 1.29 is 9.53 Å². The second kappa shape index (κ2) is 3.93. The SMILES string of the molecule is Cc1ccc(C2CCC(C=O)O2)cc1. The van der Waals surface area contributed by atoms with E-state index in [1.54, 1.807) is 0 Å². The van der Waals surface area contributed by atoms with Crippen molar-refractivity contribution in [3.05, 3.63) is 35.4 Å². The van der Waals surface area contributed by atoms with Crippen molar-refractivity contribution in [2.75, 3.05) is 0 Å². The zero-order valence-electron chi connectivity index (χ0n) is 8.27. The number of rotatable bonds is 2. The van der Waals surface area contributed by atoms with Gasteiger partial charge in [-0.25, -0.2) is 0 Å². The summed E-state index contributed by atoms with van der Waals surface area (Å²) in [7, 11) is 0. The van der Waals surface area contributed by atoms with Crippen molar-refractivity contribution in [3.8, 4) is 0 Å². The lowest BCUT2D eigenvalue weighted by Gasteiger charge is -2.10. The first-order valence-corrected chi connectivity index (χ1v) is 4.97. The van der Waals surface area contributed by atoms with Crippen molar-refractivity contribution in [2.45, 2.75) is 32.0 Å². The van der Waals surface area contributed by atoms with E-state index in [0.29, 0.717) is 0 Å². The maximum Gasteiger partial charge on any atom is 0.148 e. The summed E-state index contributed by atoms with van der Waals surface area (Å²) < 4.78 is 5.57. The minimum atomic E-state index is -0.193. The summed E-state index contributed by atoms with van der Waals surface area (Å²) in [4.78, 5) is 10.5. The molecule has 2 nitrogen and oxygen atoms in total. The van der Waals surface area contributed by atoms with Crippen LogP contribution in [0.1, 0.15) is 30.1 Å². The second-order valence-corrected chi connectivity index (χ2v) is 3.79. The van der Waals surface area contributed by atoms with Crippen molar-refractivity contribution in [2.24, 2.45) is 0 Å². The van der Waals surface area contributed by atoms with E-state index in [-0.39, 0.29) is 12.2 Å². The molecule has 0 N–H and O–H groups in total. The summed E-state index contributed by atoms with van der Waals surface area (Å²) in [6, 6.07) is 8.31. The molecule has 2 rings (SSSR count). The maximum absolute atomic E-state index is 10.5. The second-order valence-electron chi connectivity index (χ2n) is 3.79. The number of hydrogen-bond acceptors (Lipinski definition) is 2. The summed E-state index contributed by atoms with van der Waals surface area (Å²) in [6.07, 6.45) is 2.62. The van der Waals surface area contributed by atoms with E-state index < -0.39 is 0 Å². The Labute approximate surface area is 83.9 Å². The van der Waals surface area contributed by atoms with Gasteiger partial charge in [-0.15, -0.1) is 0 Å². The lowest BCUT2D eigenvalue weighted by Crippen LogP contribution is -2.07. The molecular formula is C12H14O2. The molecule has 1 aliphatic rings. The molecule has 0 aliphatic carbocycles. The van der Waals surface area contributed by atoms with E-state index in [4.69, 9.17) is 4.74 Å². The standard InChI is InChI=1S/C12H14O2/c1-9-2-4-10(5-3-9)12-7-6-11(8-13)14-12/h2-5,8,11-12H,6-7H2,1H3. The highest BCUT2D eigenvalue weighted by Crippen LogP contribution is 2.31.